The second-order valence-electron chi connectivity index (χ2n) is 5.00. The van der Waals surface area contributed by atoms with E-state index in [-0.39, 0.29) is 0 Å². The molecule has 0 unspecified atom stereocenters. The molecule has 0 aliphatic rings. The molecule has 3 aromatic rings. The number of fused-ring (bicyclic) bond motifs is 1. The Balaban J connectivity index is 2.09. The minimum Gasteiger partial charge on any atom is -0.256 e. The largest absolute Gasteiger partial charge is 0.256 e. The van der Waals surface area contributed by atoms with Gasteiger partial charge in [0.15, 0.2) is 0 Å². The molecule has 0 bridgehead atoms. The molecule has 0 spiro atoms. The molecule has 3 heteroatoms. The minimum absolute atomic E-state index is 0.704. The summed E-state index contributed by atoms with van der Waals surface area (Å²) < 4.78 is 0. The Kier molecular flexibility index (Phi) is 3.72. The van der Waals surface area contributed by atoms with Gasteiger partial charge in [0.1, 0.15) is 0 Å². The molecule has 2 nitrogen and oxygen atoms in total. The number of aliphatic imine (C=N–C) groups is 1. The lowest BCUT2D eigenvalue weighted by molar-refractivity contribution is 1.12. The van der Waals surface area contributed by atoms with Gasteiger partial charge in [0.2, 0.25) is 0 Å². The maximum absolute atomic E-state index is 6.33. The van der Waals surface area contributed by atoms with Crippen LogP contribution in [0.3, 0.4) is 0 Å². The van der Waals surface area contributed by atoms with Gasteiger partial charge in [-0.25, -0.2) is 0 Å². The molecule has 104 valence electrons. The highest BCUT2D eigenvalue weighted by atomic mass is 35.5. The van der Waals surface area contributed by atoms with Crippen molar-refractivity contribution in [3.63, 3.8) is 0 Å². The predicted octanol–water partition coefficient (Wildman–Crippen LogP) is 5.26. The molecule has 0 aliphatic carbocycles. The van der Waals surface area contributed by atoms with Crippen molar-refractivity contribution in [2.24, 2.45) is 4.99 Å². The maximum atomic E-state index is 6.33. The van der Waals surface area contributed by atoms with Crippen molar-refractivity contribution in [1.82, 2.24) is 4.98 Å². The lowest BCUT2D eigenvalue weighted by atomic mass is 10.1. The average Bonchev–Trinajstić information content (AvgIpc) is 2.48. The number of aryl methyl sites for hydroxylation is 2. The number of aromatic nitrogens is 1. The fourth-order valence-corrected chi connectivity index (χ4v) is 2.56. The van der Waals surface area contributed by atoms with Crippen LogP contribution in [-0.2, 0) is 0 Å². The van der Waals surface area contributed by atoms with Crippen molar-refractivity contribution in [2.75, 3.05) is 0 Å². The summed E-state index contributed by atoms with van der Waals surface area (Å²) in [6.45, 7) is 3.94. The van der Waals surface area contributed by atoms with Crippen LogP contribution in [0.2, 0.25) is 5.02 Å². The van der Waals surface area contributed by atoms with Crippen LogP contribution in [0.4, 0.5) is 5.69 Å². The SMILES string of the molecule is Cc1ccc(N=Cc2c(Cl)ccc3ccccc23)c(C)n1. The van der Waals surface area contributed by atoms with Crippen LogP contribution in [-0.4, -0.2) is 11.2 Å². The summed E-state index contributed by atoms with van der Waals surface area (Å²) in [5.74, 6) is 0. The number of hydrogen-bond donors (Lipinski definition) is 0. The Bertz CT molecular complexity index is 838. The summed E-state index contributed by atoms with van der Waals surface area (Å²) in [6, 6.07) is 16.0. The predicted molar refractivity (Wildman–Crippen MR) is 89.9 cm³/mol. The molecule has 2 aromatic carbocycles. The van der Waals surface area contributed by atoms with Crippen molar-refractivity contribution in [3.05, 3.63) is 70.5 Å². The fraction of sp³-hybridized carbons (Fsp3) is 0.111. The number of hydrogen-bond acceptors (Lipinski definition) is 2. The Hall–Kier alpha value is -2.19. The quantitative estimate of drug-likeness (QED) is 0.592. The second kappa shape index (κ2) is 5.66. The Morgan fingerprint density at radius 3 is 2.62 bits per heavy atom. The van der Waals surface area contributed by atoms with Crippen molar-refractivity contribution >= 4 is 34.3 Å². The molecular formula is C18H15ClN2. The standard InChI is InChI=1S/C18H15ClN2/c1-12-7-10-18(13(2)21-12)20-11-16-15-6-4-3-5-14(15)8-9-17(16)19/h3-11H,1-2H3. The van der Waals surface area contributed by atoms with Gasteiger partial charge in [0, 0.05) is 22.5 Å². The van der Waals surface area contributed by atoms with Crippen molar-refractivity contribution in [3.8, 4) is 0 Å². The molecule has 1 heterocycles. The molecule has 0 N–H and O–H groups in total. The van der Waals surface area contributed by atoms with Gasteiger partial charge in [-0.3, -0.25) is 9.98 Å². The normalized spacial score (nSPS) is 11.4. The summed E-state index contributed by atoms with van der Waals surface area (Å²) in [5, 5.41) is 2.96. The van der Waals surface area contributed by atoms with E-state index in [1.54, 1.807) is 0 Å². The third kappa shape index (κ3) is 2.81. The van der Waals surface area contributed by atoms with Gasteiger partial charge in [-0.1, -0.05) is 41.9 Å². The first kappa shape index (κ1) is 13.8. The Labute approximate surface area is 129 Å². The van der Waals surface area contributed by atoms with E-state index in [1.165, 1.54) is 0 Å². The maximum Gasteiger partial charge on any atom is 0.0842 e. The van der Waals surface area contributed by atoms with Gasteiger partial charge in [0.25, 0.3) is 0 Å². The van der Waals surface area contributed by atoms with Crippen LogP contribution in [0.5, 0.6) is 0 Å². The smallest absolute Gasteiger partial charge is 0.0842 e. The van der Waals surface area contributed by atoms with E-state index in [0.29, 0.717) is 5.02 Å². The molecule has 0 aliphatic heterocycles. The lowest BCUT2D eigenvalue weighted by Crippen LogP contribution is -1.88. The lowest BCUT2D eigenvalue weighted by Gasteiger charge is -2.05. The molecular weight excluding hydrogens is 280 g/mol. The number of pyridine rings is 1. The highest BCUT2D eigenvalue weighted by Gasteiger charge is 2.04. The van der Waals surface area contributed by atoms with Crippen LogP contribution >= 0.6 is 11.6 Å². The van der Waals surface area contributed by atoms with Crippen LogP contribution in [0.25, 0.3) is 10.8 Å². The zero-order valence-electron chi connectivity index (χ0n) is 12.0. The molecule has 1 aromatic heterocycles. The Morgan fingerprint density at radius 1 is 1.00 bits per heavy atom. The second-order valence-corrected chi connectivity index (χ2v) is 5.40. The van der Waals surface area contributed by atoms with E-state index < -0.39 is 0 Å². The van der Waals surface area contributed by atoms with E-state index in [9.17, 15) is 0 Å². The van der Waals surface area contributed by atoms with Gasteiger partial charge >= 0.3 is 0 Å². The van der Waals surface area contributed by atoms with Crippen LogP contribution in [0, 0.1) is 13.8 Å². The third-order valence-electron chi connectivity index (χ3n) is 3.45. The van der Waals surface area contributed by atoms with Gasteiger partial charge < -0.3 is 0 Å². The highest BCUT2D eigenvalue weighted by molar-refractivity contribution is 6.34. The number of nitrogens with zero attached hydrogens (tertiary/aromatic N) is 2. The van der Waals surface area contributed by atoms with Gasteiger partial charge in [-0.15, -0.1) is 0 Å². The van der Waals surface area contributed by atoms with E-state index in [4.69, 9.17) is 11.6 Å². The topological polar surface area (TPSA) is 25.2 Å². The monoisotopic (exact) mass is 294 g/mol. The van der Waals surface area contributed by atoms with Gasteiger partial charge in [-0.2, -0.15) is 0 Å². The highest BCUT2D eigenvalue weighted by Crippen LogP contribution is 2.25. The number of benzene rings is 2. The first-order valence-corrected chi connectivity index (χ1v) is 7.18. The Morgan fingerprint density at radius 2 is 1.81 bits per heavy atom. The summed E-state index contributed by atoms with van der Waals surface area (Å²) in [6.07, 6.45) is 1.82. The summed E-state index contributed by atoms with van der Waals surface area (Å²) in [4.78, 5) is 8.98. The number of halogens is 1. The number of rotatable bonds is 2. The van der Waals surface area contributed by atoms with E-state index >= 15 is 0 Å². The zero-order valence-corrected chi connectivity index (χ0v) is 12.7. The molecule has 0 saturated carbocycles. The summed E-state index contributed by atoms with van der Waals surface area (Å²) in [7, 11) is 0. The van der Waals surface area contributed by atoms with E-state index in [2.05, 4.69) is 22.1 Å². The van der Waals surface area contributed by atoms with Crippen LogP contribution < -0.4 is 0 Å². The van der Waals surface area contributed by atoms with Gasteiger partial charge in [-0.05, 0) is 42.8 Å². The van der Waals surface area contributed by atoms with E-state index in [1.807, 2.05) is 56.5 Å². The summed E-state index contributed by atoms with van der Waals surface area (Å²) >= 11 is 6.33. The first-order valence-electron chi connectivity index (χ1n) is 6.81. The first-order chi connectivity index (χ1) is 10.1. The molecule has 0 radical (unpaired) electrons. The van der Waals surface area contributed by atoms with Crippen molar-refractivity contribution in [1.29, 1.82) is 0 Å². The van der Waals surface area contributed by atoms with E-state index in [0.717, 1.165) is 33.4 Å². The van der Waals surface area contributed by atoms with Crippen LogP contribution in [0.1, 0.15) is 17.0 Å². The molecule has 0 fully saturated rings. The van der Waals surface area contributed by atoms with Gasteiger partial charge in [0.05, 0.1) is 11.4 Å². The van der Waals surface area contributed by atoms with Crippen molar-refractivity contribution in [2.45, 2.75) is 13.8 Å². The molecule has 3 rings (SSSR count). The van der Waals surface area contributed by atoms with Crippen molar-refractivity contribution < 1.29 is 0 Å². The zero-order chi connectivity index (χ0) is 14.8. The molecule has 21 heavy (non-hydrogen) atoms. The molecule has 0 atom stereocenters. The third-order valence-corrected chi connectivity index (χ3v) is 3.78. The van der Waals surface area contributed by atoms with Crippen LogP contribution in [0.15, 0.2) is 53.5 Å². The average molecular weight is 295 g/mol. The molecule has 0 saturated heterocycles. The fourth-order valence-electron chi connectivity index (χ4n) is 2.35. The summed E-state index contributed by atoms with van der Waals surface area (Å²) in [5.41, 5.74) is 3.72. The molecule has 0 amide bonds. The minimum atomic E-state index is 0.704.